The molecule has 1 heterocycles. The van der Waals surface area contributed by atoms with E-state index in [0.717, 1.165) is 45.2 Å². The number of likely N-dealkylation sites (tertiary alicyclic amines) is 1. The fourth-order valence-electron chi connectivity index (χ4n) is 3.06. The van der Waals surface area contributed by atoms with E-state index in [2.05, 4.69) is 19.0 Å². The van der Waals surface area contributed by atoms with Crippen LogP contribution >= 0.6 is 0 Å². The van der Waals surface area contributed by atoms with Crippen LogP contribution in [0.25, 0.3) is 0 Å². The zero-order chi connectivity index (χ0) is 12.5. The van der Waals surface area contributed by atoms with Gasteiger partial charge in [0, 0.05) is 19.1 Å². The third-order valence-electron chi connectivity index (χ3n) is 4.35. The highest BCUT2D eigenvalue weighted by molar-refractivity contribution is 5.86. The molecule has 17 heavy (non-hydrogen) atoms. The van der Waals surface area contributed by atoms with Crippen LogP contribution in [0.4, 0.5) is 0 Å². The van der Waals surface area contributed by atoms with E-state index < -0.39 is 5.54 Å². The van der Waals surface area contributed by atoms with Crippen molar-refractivity contribution in [3.05, 3.63) is 0 Å². The molecule has 4 heteroatoms. The molecule has 0 aromatic heterocycles. The topological polar surface area (TPSA) is 49.6 Å². The Hall–Kier alpha value is -0.610. The molecule has 1 saturated heterocycles. The number of hydrogen-bond donors (Lipinski definition) is 1. The van der Waals surface area contributed by atoms with Crippen molar-refractivity contribution in [1.29, 1.82) is 0 Å². The largest absolute Gasteiger partial charge is 0.339 e. The van der Waals surface area contributed by atoms with Gasteiger partial charge < -0.3 is 15.5 Å². The maximum absolute atomic E-state index is 12.5. The second-order valence-corrected chi connectivity index (χ2v) is 5.87. The van der Waals surface area contributed by atoms with Crippen molar-refractivity contribution in [2.75, 3.05) is 27.2 Å². The maximum Gasteiger partial charge on any atom is 0.242 e. The first-order valence-electron chi connectivity index (χ1n) is 6.78. The number of nitrogens with zero attached hydrogens (tertiary/aromatic N) is 2. The highest BCUT2D eigenvalue weighted by atomic mass is 16.2. The molecule has 0 spiro atoms. The molecule has 2 N–H and O–H groups in total. The van der Waals surface area contributed by atoms with Crippen LogP contribution in [0.3, 0.4) is 0 Å². The quantitative estimate of drug-likeness (QED) is 0.776. The van der Waals surface area contributed by atoms with E-state index in [9.17, 15) is 4.79 Å². The van der Waals surface area contributed by atoms with Gasteiger partial charge in [0.1, 0.15) is 0 Å². The Bertz CT molecular complexity index is 284. The molecule has 4 nitrogen and oxygen atoms in total. The second-order valence-electron chi connectivity index (χ2n) is 5.87. The van der Waals surface area contributed by atoms with Crippen LogP contribution in [0.1, 0.15) is 38.5 Å². The predicted molar refractivity (Wildman–Crippen MR) is 68.7 cm³/mol. The minimum absolute atomic E-state index is 0.196. The monoisotopic (exact) mass is 239 g/mol. The summed E-state index contributed by atoms with van der Waals surface area (Å²) in [5, 5.41) is 0. The van der Waals surface area contributed by atoms with Gasteiger partial charge in [0.2, 0.25) is 5.91 Å². The van der Waals surface area contributed by atoms with Crippen LogP contribution in [0, 0.1) is 0 Å². The van der Waals surface area contributed by atoms with Crippen molar-refractivity contribution in [2.45, 2.75) is 50.1 Å². The van der Waals surface area contributed by atoms with E-state index >= 15 is 0 Å². The van der Waals surface area contributed by atoms with Crippen molar-refractivity contribution in [1.82, 2.24) is 9.80 Å². The van der Waals surface area contributed by atoms with E-state index in [1.807, 2.05) is 4.90 Å². The lowest BCUT2D eigenvalue weighted by molar-refractivity contribution is -0.137. The van der Waals surface area contributed by atoms with E-state index in [-0.39, 0.29) is 5.91 Å². The normalized spacial score (nSPS) is 28.7. The van der Waals surface area contributed by atoms with Gasteiger partial charge in [-0.2, -0.15) is 0 Å². The van der Waals surface area contributed by atoms with Gasteiger partial charge in [-0.25, -0.2) is 0 Å². The number of nitrogens with two attached hydrogens (primary N) is 1. The third kappa shape index (κ3) is 2.63. The molecule has 1 aliphatic carbocycles. The summed E-state index contributed by atoms with van der Waals surface area (Å²) in [5.41, 5.74) is 5.74. The smallest absolute Gasteiger partial charge is 0.242 e. The Balaban J connectivity index is 1.96. The average Bonchev–Trinajstić information content (AvgIpc) is 2.78. The van der Waals surface area contributed by atoms with Crippen molar-refractivity contribution in [3.63, 3.8) is 0 Å². The molecule has 0 aromatic rings. The van der Waals surface area contributed by atoms with Gasteiger partial charge in [0.15, 0.2) is 0 Å². The molecule has 2 rings (SSSR count). The Kier molecular flexibility index (Phi) is 3.73. The molecule has 2 aliphatic rings. The Morgan fingerprint density at radius 1 is 1.29 bits per heavy atom. The van der Waals surface area contributed by atoms with Crippen molar-refractivity contribution >= 4 is 5.91 Å². The standard InChI is InChI=1S/C13H25N3O/c1-15(2)11-6-9-16(10-11)12(17)13(14)7-4-3-5-8-13/h11H,3-10,14H2,1-2H3. The molecular formula is C13H25N3O. The first-order chi connectivity index (χ1) is 8.03. The fraction of sp³-hybridized carbons (Fsp3) is 0.923. The molecule has 1 atom stereocenters. The molecule has 2 fully saturated rings. The summed E-state index contributed by atoms with van der Waals surface area (Å²) in [5.74, 6) is 0.196. The molecule has 0 radical (unpaired) electrons. The molecule has 0 aromatic carbocycles. The summed E-state index contributed by atoms with van der Waals surface area (Å²) in [6, 6.07) is 0.506. The van der Waals surface area contributed by atoms with Crippen molar-refractivity contribution in [2.24, 2.45) is 5.73 Å². The van der Waals surface area contributed by atoms with Crippen LogP contribution in [-0.2, 0) is 4.79 Å². The Morgan fingerprint density at radius 3 is 2.47 bits per heavy atom. The highest BCUT2D eigenvalue weighted by Gasteiger charge is 2.40. The number of rotatable bonds is 2. The molecular weight excluding hydrogens is 214 g/mol. The zero-order valence-corrected chi connectivity index (χ0v) is 11.1. The molecule has 1 unspecified atom stereocenters. The Labute approximate surface area is 104 Å². The summed E-state index contributed by atoms with van der Waals surface area (Å²) in [7, 11) is 4.16. The summed E-state index contributed by atoms with van der Waals surface area (Å²) in [6.45, 7) is 1.73. The van der Waals surface area contributed by atoms with Gasteiger partial charge >= 0.3 is 0 Å². The second kappa shape index (κ2) is 4.94. The number of carbonyl (C=O) groups excluding carboxylic acids is 1. The van der Waals surface area contributed by atoms with E-state index in [4.69, 9.17) is 5.73 Å². The van der Waals surface area contributed by atoms with Gasteiger partial charge in [0.05, 0.1) is 5.54 Å². The van der Waals surface area contributed by atoms with Crippen LogP contribution in [0.15, 0.2) is 0 Å². The van der Waals surface area contributed by atoms with Crippen molar-refractivity contribution < 1.29 is 4.79 Å². The SMILES string of the molecule is CN(C)C1CCN(C(=O)C2(N)CCCCC2)C1. The third-order valence-corrected chi connectivity index (χ3v) is 4.35. The summed E-state index contributed by atoms with van der Waals surface area (Å²) >= 11 is 0. The molecule has 98 valence electrons. The number of amides is 1. The summed E-state index contributed by atoms with van der Waals surface area (Å²) in [6.07, 6.45) is 6.26. The molecule has 1 amide bonds. The highest BCUT2D eigenvalue weighted by Crippen LogP contribution is 2.29. The number of carbonyl (C=O) groups is 1. The number of likely N-dealkylation sites (N-methyl/N-ethyl adjacent to an activating group) is 1. The van der Waals surface area contributed by atoms with Gasteiger partial charge in [-0.15, -0.1) is 0 Å². The van der Waals surface area contributed by atoms with E-state index in [1.165, 1.54) is 6.42 Å². The lowest BCUT2D eigenvalue weighted by Gasteiger charge is -2.35. The van der Waals surface area contributed by atoms with Gasteiger partial charge in [-0.1, -0.05) is 19.3 Å². The van der Waals surface area contributed by atoms with Gasteiger partial charge in [0.25, 0.3) is 0 Å². The summed E-state index contributed by atoms with van der Waals surface area (Å²) in [4.78, 5) is 16.7. The lowest BCUT2D eigenvalue weighted by atomic mass is 9.81. The van der Waals surface area contributed by atoms with Crippen LogP contribution in [0.5, 0.6) is 0 Å². The molecule has 1 saturated carbocycles. The zero-order valence-electron chi connectivity index (χ0n) is 11.1. The number of hydrogen-bond acceptors (Lipinski definition) is 3. The van der Waals surface area contributed by atoms with Crippen LogP contribution < -0.4 is 5.73 Å². The van der Waals surface area contributed by atoms with E-state index in [1.54, 1.807) is 0 Å². The van der Waals surface area contributed by atoms with Gasteiger partial charge in [-0.05, 0) is 33.4 Å². The van der Waals surface area contributed by atoms with Crippen molar-refractivity contribution in [3.8, 4) is 0 Å². The minimum atomic E-state index is -0.556. The van der Waals surface area contributed by atoms with E-state index in [0.29, 0.717) is 6.04 Å². The lowest BCUT2D eigenvalue weighted by Crippen LogP contribution is -2.56. The predicted octanol–water partition coefficient (Wildman–Crippen LogP) is 0.811. The maximum atomic E-state index is 12.5. The average molecular weight is 239 g/mol. The van der Waals surface area contributed by atoms with Crippen LogP contribution in [0.2, 0.25) is 0 Å². The summed E-state index contributed by atoms with van der Waals surface area (Å²) < 4.78 is 0. The first kappa shape index (κ1) is 12.8. The van der Waals surface area contributed by atoms with Crippen LogP contribution in [-0.4, -0.2) is 54.5 Å². The molecule has 1 aliphatic heterocycles. The molecule has 0 bridgehead atoms. The first-order valence-corrected chi connectivity index (χ1v) is 6.78. The van der Waals surface area contributed by atoms with Gasteiger partial charge in [-0.3, -0.25) is 4.79 Å². The Morgan fingerprint density at radius 2 is 1.94 bits per heavy atom. The minimum Gasteiger partial charge on any atom is -0.339 e. The fourth-order valence-corrected chi connectivity index (χ4v) is 3.06.